The second-order valence-electron chi connectivity index (χ2n) is 8.56. The minimum absolute atomic E-state index is 0.0346. The largest absolute Gasteiger partial charge is 0.482 e. The van der Waals surface area contributed by atoms with Crippen molar-refractivity contribution in [1.82, 2.24) is 14.7 Å². The molecule has 1 unspecified atom stereocenters. The van der Waals surface area contributed by atoms with Crippen molar-refractivity contribution in [3.8, 4) is 5.75 Å². The Morgan fingerprint density at radius 2 is 1.86 bits per heavy atom. The lowest BCUT2D eigenvalue weighted by Crippen LogP contribution is -2.31. The Morgan fingerprint density at radius 1 is 1.09 bits per heavy atom. The van der Waals surface area contributed by atoms with Crippen LogP contribution in [0.1, 0.15) is 34.8 Å². The summed E-state index contributed by atoms with van der Waals surface area (Å²) in [5.41, 5.74) is 4.61. The fraction of sp³-hybridized carbons (Fsp3) is 0.222. The SMILES string of the molecule is Cc1nn(CCC(=O)N2Cc3ccccc3C2c2cc(Cl)ccc2OCC(=O)O)c2ccccc12. The minimum Gasteiger partial charge on any atom is -0.482 e. The molecule has 0 bridgehead atoms. The van der Waals surface area contributed by atoms with Crippen molar-refractivity contribution >= 4 is 34.4 Å². The van der Waals surface area contributed by atoms with Crippen LogP contribution in [0.3, 0.4) is 0 Å². The lowest BCUT2D eigenvalue weighted by atomic mass is 9.97. The number of halogens is 1. The van der Waals surface area contributed by atoms with Gasteiger partial charge in [0.25, 0.3) is 0 Å². The minimum atomic E-state index is -1.08. The first-order valence-electron chi connectivity index (χ1n) is 11.4. The van der Waals surface area contributed by atoms with Crippen molar-refractivity contribution in [1.29, 1.82) is 0 Å². The van der Waals surface area contributed by atoms with Gasteiger partial charge in [-0.3, -0.25) is 9.48 Å². The second-order valence-corrected chi connectivity index (χ2v) is 9.00. The zero-order valence-electron chi connectivity index (χ0n) is 19.1. The van der Waals surface area contributed by atoms with E-state index in [1.165, 1.54) is 0 Å². The lowest BCUT2D eigenvalue weighted by Gasteiger charge is -2.27. The van der Waals surface area contributed by atoms with E-state index >= 15 is 0 Å². The molecule has 1 aliphatic rings. The fourth-order valence-electron chi connectivity index (χ4n) is 4.77. The summed E-state index contributed by atoms with van der Waals surface area (Å²) in [6, 6.07) is 20.5. The molecule has 8 heteroatoms. The number of carbonyl (C=O) groups excluding carboxylic acids is 1. The van der Waals surface area contributed by atoms with Gasteiger partial charge in [-0.15, -0.1) is 0 Å². The van der Waals surface area contributed by atoms with Crippen LogP contribution >= 0.6 is 11.6 Å². The van der Waals surface area contributed by atoms with Crippen LogP contribution in [0.4, 0.5) is 0 Å². The Balaban J connectivity index is 1.46. The highest BCUT2D eigenvalue weighted by molar-refractivity contribution is 6.30. The van der Waals surface area contributed by atoms with E-state index < -0.39 is 18.6 Å². The molecule has 1 aliphatic heterocycles. The van der Waals surface area contributed by atoms with E-state index in [1.54, 1.807) is 18.2 Å². The summed E-state index contributed by atoms with van der Waals surface area (Å²) in [6.45, 7) is 2.38. The van der Waals surface area contributed by atoms with E-state index in [0.29, 0.717) is 29.4 Å². The van der Waals surface area contributed by atoms with Crippen LogP contribution in [0.2, 0.25) is 5.02 Å². The molecule has 1 aromatic heterocycles. The molecule has 1 amide bonds. The predicted molar refractivity (Wildman–Crippen MR) is 133 cm³/mol. The lowest BCUT2D eigenvalue weighted by molar-refractivity contribution is -0.139. The van der Waals surface area contributed by atoms with Crippen molar-refractivity contribution in [3.63, 3.8) is 0 Å². The average molecular weight is 490 g/mol. The molecule has 0 radical (unpaired) electrons. The number of rotatable bonds is 7. The molecule has 7 nitrogen and oxygen atoms in total. The molecule has 0 saturated carbocycles. The first-order chi connectivity index (χ1) is 16.9. The molecule has 0 spiro atoms. The number of carbonyl (C=O) groups is 2. The standard InChI is InChI=1S/C27H24ClN3O4/c1-17-20-7-4-5-9-23(20)31(29-17)13-12-25(32)30-15-18-6-2-3-8-21(18)27(30)22-14-19(28)10-11-24(22)35-16-26(33)34/h2-11,14,27H,12-13,15-16H2,1H3,(H,33,34). The van der Waals surface area contributed by atoms with Crippen molar-refractivity contribution < 1.29 is 19.4 Å². The molecular weight excluding hydrogens is 466 g/mol. The van der Waals surface area contributed by atoms with E-state index in [1.807, 2.05) is 65.0 Å². The molecule has 0 fully saturated rings. The van der Waals surface area contributed by atoms with Gasteiger partial charge in [0.1, 0.15) is 5.75 Å². The highest BCUT2D eigenvalue weighted by Crippen LogP contribution is 2.43. The maximum atomic E-state index is 13.6. The van der Waals surface area contributed by atoms with Gasteiger partial charge >= 0.3 is 5.97 Å². The van der Waals surface area contributed by atoms with Gasteiger partial charge in [0.2, 0.25) is 5.91 Å². The molecule has 35 heavy (non-hydrogen) atoms. The number of amides is 1. The molecule has 1 atom stereocenters. The van der Waals surface area contributed by atoms with Crippen molar-refractivity contribution in [3.05, 3.63) is 94.1 Å². The molecule has 178 valence electrons. The van der Waals surface area contributed by atoms with E-state index in [4.69, 9.17) is 21.4 Å². The Morgan fingerprint density at radius 3 is 2.69 bits per heavy atom. The van der Waals surface area contributed by atoms with Crippen molar-refractivity contribution in [2.24, 2.45) is 0 Å². The fourth-order valence-corrected chi connectivity index (χ4v) is 4.95. The average Bonchev–Trinajstić information content (AvgIpc) is 3.40. The molecule has 4 aromatic rings. The van der Waals surface area contributed by atoms with E-state index in [-0.39, 0.29) is 12.3 Å². The summed E-state index contributed by atoms with van der Waals surface area (Å²) >= 11 is 6.32. The van der Waals surface area contributed by atoms with Gasteiger partial charge in [0.05, 0.1) is 23.8 Å². The molecule has 3 aromatic carbocycles. The summed E-state index contributed by atoms with van der Waals surface area (Å²) in [5.74, 6) is -0.718. The van der Waals surface area contributed by atoms with E-state index in [9.17, 15) is 9.59 Å². The van der Waals surface area contributed by atoms with Crippen LogP contribution in [0.25, 0.3) is 10.9 Å². The summed E-state index contributed by atoms with van der Waals surface area (Å²) in [4.78, 5) is 26.5. The molecule has 5 rings (SSSR count). The normalized spacial score (nSPS) is 14.8. The van der Waals surface area contributed by atoms with E-state index in [2.05, 4.69) is 5.10 Å². The molecule has 1 N–H and O–H groups in total. The number of fused-ring (bicyclic) bond motifs is 2. The summed E-state index contributed by atoms with van der Waals surface area (Å²) < 4.78 is 7.46. The number of carboxylic acid groups (broad SMARTS) is 1. The van der Waals surface area contributed by atoms with Crippen LogP contribution in [0, 0.1) is 6.92 Å². The van der Waals surface area contributed by atoms with Gasteiger partial charge in [0.15, 0.2) is 6.61 Å². The van der Waals surface area contributed by atoms with Crippen LogP contribution in [-0.2, 0) is 22.7 Å². The summed E-state index contributed by atoms with van der Waals surface area (Å²) in [6.07, 6.45) is 0.265. The number of aromatic nitrogens is 2. The smallest absolute Gasteiger partial charge is 0.341 e. The van der Waals surface area contributed by atoms with Gasteiger partial charge in [-0.05, 0) is 42.3 Å². The monoisotopic (exact) mass is 489 g/mol. The third kappa shape index (κ3) is 4.47. The van der Waals surface area contributed by atoms with Crippen molar-refractivity contribution in [2.75, 3.05) is 6.61 Å². The Hall–Kier alpha value is -3.84. The van der Waals surface area contributed by atoms with Gasteiger partial charge in [0, 0.05) is 28.9 Å². The highest BCUT2D eigenvalue weighted by atomic mass is 35.5. The second kappa shape index (κ2) is 9.43. The first-order valence-corrected chi connectivity index (χ1v) is 11.7. The van der Waals surface area contributed by atoms with Gasteiger partial charge in [-0.1, -0.05) is 54.1 Å². The number of ether oxygens (including phenoxy) is 1. The van der Waals surface area contributed by atoms with E-state index in [0.717, 1.165) is 27.7 Å². The maximum Gasteiger partial charge on any atom is 0.341 e. The number of aryl methyl sites for hydroxylation is 2. The maximum absolute atomic E-state index is 13.6. The van der Waals surface area contributed by atoms with Crippen LogP contribution < -0.4 is 4.74 Å². The third-order valence-corrected chi connectivity index (χ3v) is 6.56. The Labute approximate surface area is 207 Å². The quantitative estimate of drug-likeness (QED) is 0.395. The predicted octanol–water partition coefficient (Wildman–Crippen LogP) is 4.98. The van der Waals surface area contributed by atoms with Crippen LogP contribution in [0.15, 0.2) is 66.7 Å². The summed E-state index contributed by atoms with van der Waals surface area (Å²) in [7, 11) is 0. The van der Waals surface area contributed by atoms with Gasteiger partial charge in [-0.25, -0.2) is 4.79 Å². The van der Waals surface area contributed by atoms with Gasteiger partial charge in [-0.2, -0.15) is 5.10 Å². The number of benzene rings is 3. The van der Waals surface area contributed by atoms with Gasteiger partial charge < -0.3 is 14.7 Å². The zero-order chi connectivity index (χ0) is 24.5. The van der Waals surface area contributed by atoms with Crippen molar-refractivity contribution in [2.45, 2.75) is 32.5 Å². The Bertz CT molecular complexity index is 1430. The number of hydrogen-bond donors (Lipinski definition) is 1. The highest BCUT2D eigenvalue weighted by Gasteiger charge is 2.36. The number of hydrogen-bond acceptors (Lipinski definition) is 4. The Kier molecular flexibility index (Phi) is 6.17. The van der Waals surface area contributed by atoms with Crippen LogP contribution in [-0.4, -0.2) is 38.3 Å². The molecule has 2 heterocycles. The number of aliphatic carboxylic acids is 1. The topological polar surface area (TPSA) is 84.7 Å². The summed E-state index contributed by atoms with van der Waals surface area (Å²) in [5, 5.41) is 15.3. The third-order valence-electron chi connectivity index (χ3n) is 6.32. The first kappa shape index (κ1) is 22.9. The zero-order valence-corrected chi connectivity index (χ0v) is 19.9. The molecule has 0 saturated heterocycles. The van der Waals surface area contributed by atoms with Crippen LogP contribution in [0.5, 0.6) is 5.75 Å². The molecular formula is C27H24ClN3O4. The molecule has 0 aliphatic carbocycles. The number of carboxylic acids is 1. The number of para-hydroxylation sites is 1. The number of nitrogens with zero attached hydrogens (tertiary/aromatic N) is 3.